The highest BCUT2D eigenvalue weighted by molar-refractivity contribution is 8.00. The van der Waals surface area contributed by atoms with Crippen LogP contribution in [0.1, 0.15) is 12.8 Å². The number of hydrogen-bond donors (Lipinski definition) is 2. The predicted octanol–water partition coefficient (Wildman–Crippen LogP) is -0.855. The maximum atomic E-state index is 12.0. The van der Waals surface area contributed by atoms with Gasteiger partial charge in [0.05, 0.1) is 11.0 Å². The highest BCUT2D eigenvalue weighted by Gasteiger charge is 2.53. The molecule has 20 heavy (non-hydrogen) atoms. The number of hydrogen-bond acceptors (Lipinski definition) is 6. The Morgan fingerprint density at radius 2 is 2.15 bits per heavy atom. The van der Waals surface area contributed by atoms with E-state index in [9.17, 15) is 23.1 Å². The van der Waals surface area contributed by atoms with Crippen LogP contribution in [-0.4, -0.2) is 58.5 Å². The molecule has 110 valence electrons. The summed E-state index contributed by atoms with van der Waals surface area (Å²) in [6.07, 6.45) is 0.957. The molecule has 0 saturated carbocycles. The minimum Gasteiger partial charge on any atom is -0.477 e. The lowest BCUT2D eigenvalue weighted by Crippen LogP contribution is -2.68. The van der Waals surface area contributed by atoms with Crippen LogP contribution in [0.15, 0.2) is 11.3 Å². The topological polar surface area (TPSA) is 118 Å². The van der Waals surface area contributed by atoms with Crippen LogP contribution < -0.4 is 5.73 Å². The van der Waals surface area contributed by atoms with Gasteiger partial charge in [-0.1, -0.05) is 0 Å². The molecule has 7 nitrogen and oxygen atoms in total. The molecule has 0 aliphatic carbocycles. The molecule has 0 radical (unpaired) electrons. The number of carboxylic acids is 1. The number of sulfone groups is 1. The number of carboxylic acid groups (broad SMARTS) is 1. The van der Waals surface area contributed by atoms with Gasteiger partial charge in [0, 0.05) is 5.75 Å². The molecule has 3 aliphatic rings. The summed E-state index contributed by atoms with van der Waals surface area (Å²) in [5.74, 6) is -1.33. The molecular weight excluding hydrogens is 304 g/mol. The smallest absolute Gasteiger partial charge is 0.352 e. The standard InChI is InChI=1S/C11H14N2O5S2/c12-7-9(14)13-8(11(15)16)5(4-19-10(7)13)6-2-1-3-20(6,17)18/h6-7,10H,1-4,12H2,(H,15,16)/t6?,7?,10-/m1/s1. The maximum Gasteiger partial charge on any atom is 0.352 e. The Morgan fingerprint density at radius 3 is 2.70 bits per heavy atom. The van der Waals surface area contributed by atoms with Gasteiger partial charge in [0.25, 0.3) is 0 Å². The lowest BCUT2D eigenvalue weighted by Gasteiger charge is -2.48. The van der Waals surface area contributed by atoms with Crippen LogP contribution in [0.5, 0.6) is 0 Å². The van der Waals surface area contributed by atoms with Crippen molar-refractivity contribution in [3.63, 3.8) is 0 Å². The first-order valence-corrected chi connectivity index (χ1v) is 8.99. The van der Waals surface area contributed by atoms with E-state index >= 15 is 0 Å². The number of nitrogens with zero attached hydrogens (tertiary/aromatic N) is 1. The monoisotopic (exact) mass is 318 g/mol. The number of fused-ring (bicyclic) bond motifs is 1. The molecule has 0 aromatic carbocycles. The second-order valence-corrected chi connectivity index (χ2v) is 8.52. The lowest BCUT2D eigenvalue weighted by molar-refractivity contribution is -0.148. The van der Waals surface area contributed by atoms with Crippen LogP contribution in [0.2, 0.25) is 0 Å². The van der Waals surface area contributed by atoms with E-state index in [1.165, 1.54) is 11.8 Å². The molecular formula is C11H14N2O5S2. The zero-order valence-corrected chi connectivity index (χ0v) is 12.1. The normalized spacial score (nSPS) is 35.8. The third-order valence-corrected chi connectivity index (χ3v) is 7.53. The van der Waals surface area contributed by atoms with Gasteiger partial charge in [-0.2, -0.15) is 0 Å². The zero-order valence-electron chi connectivity index (χ0n) is 10.5. The van der Waals surface area contributed by atoms with Crippen LogP contribution in [0.4, 0.5) is 0 Å². The average molecular weight is 318 g/mol. The van der Waals surface area contributed by atoms with Crippen molar-refractivity contribution in [2.75, 3.05) is 11.5 Å². The number of nitrogens with two attached hydrogens (primary N) is 1. The number of thioether (sulfide) groups is 1. The third-order valence-electron chi connectivity index (χ3n) is 3.96. The Bertz CT molecular complexity index is 627. The molecule has 2 unspecified atom stereocenters. The van der Waals surface area contributed by atoms with E-state index in [0.717, 1.165) is 4.90 Å². The van der Waals surface area contributed by atoms with Gasteiger partial charge in [0.15, 0.2) is 9.84 Å². The largest absolute Gasteiger partial charge is 0.477 e. The van der Waals surface area contributed by atoms with Crippen molar-refractivity contribution in [3.05, 3.63) is 11.3 Å². The Morgan fingerprint density at radius 1 is 1.45 bits per heavy atom. The van der Waals surface area contributed by atoms with Gasteiger partial charge < -0.3 is 10.8 Å². The maximum absolute atomic E-state index is 12.0. The number of carbonyl (C=O) groups excluding carboxylic acids is 1. The van der Waals surface area contributed by atoms with Gasteiger partial charge in [-0.05, 0) is 18.4 Å². The van der Waals surface area contributed by atoms with E-state index in [0.29, 0.717) is 24.2 Å². The predicted molar refractivity (Wildman–Crippen MR) is 72.5 cm³/mol. The SMILES string of the molecule is NC1C(=O)N2C(C(=O)O)=C(C3CCCS3(=O)=O)CS[C@H]12. The molecule has 0 spiro atoms. The molecule has 2 fully saturated rings. The first kappa shape index (κ1) is 13.9. The summed E-state index contributed by atoms with van der Waals surface area (Å²) in [5.41, 5.74) is 5.82. The quantitative estimate of drug-likeness (QED) is 0.636. The second-order valence-electron chi connectivity index (χ2n) is 5.11. The lowest BCUT2D eigenvalue weighted by atomic mass is 10.0. The van der Waals surface area contributed by atoms with Crippen molar-refractivity contribution >= 4 is 33.5 Å². The van der Waals surface area contributed by atoms with Crippen molar-refractivity contribution in [2.24, 2.45) is 5.73 Å². The third kappa shape index (κ3) is 1.80. The molecule has 3 rings (SSSR count). The fourth-order valence-electron chi connectivity index (χ4n) is 2.97. The van der Waals surface area contributed by atoms with Crippen LogP contribution >= 0.6 is 11.8 Å². The van der Waals surface area contributed by atoms with Crippen LogP contribution in [0.25, 0.3) is 0 Å². The number of β-lactam (4-membered cyclic amide) rings is 1. The first-order valence-electron chi connectivity index (χ1n) is 6.23. The molecule has 3 N–H and O–H groups in total. The van der Waals surface area contributed by atoms with Crippen molar-refractivity contribution < 1.29 is 23.1 Å². The summed E-state index contributed by atoms with van der Waals surface area (Å²) >= 11 is 1.34. The molecule has 0 aromatic rings. The molecule has 2 saturated heterocycles. The van der Waals surface area contributed by atoms with Gasteiger partial charge in [-0.3, -0.25) is 9.69 Å². The fraction of sp³-hybridized carbons (Fsp3) is 0.636. The number of carbonyl (C=O) groups is 2. The molecule has 1 amide bonds. The van der Waals surface area contributed by atoms with Crippen molar-refractivity contribution in [2.45, 2.75) is 29.5 Å². The van der Waals surface area contributed by atoms with Crippen LogP contribution in [0.3, 0.4) is 0 Å². The highest BCUT2D eigenvalue weighted by Crippen LogP contribution is 2.43. The highest BCUT2D eigenvalue weighted by atomic mass is 32.2. The van der Waals surface area contributed by atoms with Gasteiger partial charge in [0.1, 0.15) is 17.1 Å². The van der Waals surface area contributed by atoms with Gasteiger partial charge >= 0.3 is 5.97 Å². The summed E-state index contributed by atoms with van der Waals surface area (Å²) < 4.78 is 24.0. The second kappa shape index (κ2) is 4.47. The van der Waals surface area contributed by atoms with E-state index in [1.54, 1.807) is 0 Å². The molecule has 0 bridgehead atoms. The fourth-order valence-corrected chi connectivity index (χ4v) is 6.45. The van der Waals surface area contributed by atoms with E-state index < -0.39 is 33.0 Å². The van der Waals surface area contributed by atoms with Gasteiger partial charge in [-0.25, -0.2) is 13.2 Å². The van der Waals surface area contributed by atoms with Crippen molar-refractivity contribution in [1.29, 1.82) is 0 Å². The average Bonchev–Trinajstić information content (AvgIpc) is 2.75. The Hall–Kier alpha value is -1.06. The molecule has 9 heteroatoms. The van der Waals surface area contributed by atoms with Crippen LogP contribution in [-0.2, 0) is 19.4 Å². The van der Waals surface area contributed by atoms with Crippen molar-refractivity contribution in [3.8, 4) is 0 Å². The summed E-state index contributed by atoms with van der Waals surface area (Å²) in [4.78, 5) is 24.4. The Balaban J connectivity index is 2.07. The van der Waals surface area contributed by atoms with E-state index in [4.69, 9.17) is 5.73 Å². The Kier molecular flexibility index (Phi) is 3.11. The van der Waals surface area contributed by atoms with E-state index in [2.05, 4.69) is 0 Å². The van der Waals surface area contributed by atoms with Crippen LogP contribution in [0, 0.1) is 0 Å². The minimum atomic E-state index is -3.30. The summed E-state index contributed by atoms with van der Waals surface area (Å²) in [6.45, 7) is 0. The molecule has 3 aliphatic heterocycles. The van der Waals surface area contributed by atoms with Gasteiger partial charge in [-0.15, -0.1) is 11.8 Å². The van der Waals surface area contributed by atoms with Gasteiger partial charge in [0.2, 0.25) is 5.91 Å². The molecule has 0 aromatic heterocycles. The number of amides is 1. The minimum absolute atomic E-state index is 0.0790. The van der Waals surface area contributed by atoms with E-state index in [-0.39, 0.29) is 16.8 Å². The molecule has 3 heterocycles. The molecule has 3 atom stereocenters. The Labute approximate surface area is 120 Å². The first-order chi connectivity index (χ1) is 9.34. The van der Waals surface area contributed by atoms with Crippen molar-refractivity contribution in [1.82, 2.24) is 4.90 Å². The van der Waals surface area contributed by atoms with E-state index in [1.807, 2.05) is 0 Å². The summed E-state index contributed by atoms with van der Waals surface area (Å²) in [6, 6.07) is -0.698. The number of aliphatic carboxylic acids is 1. The number of rotatable bonds is 2. The zero-order chi connectivity index (χ0) is 14.7. The summed E-state index contributed by atoms with van der Waals surface area (Å²) in [5, 5.41) is 8.21. The summed E-state index contributed by atoms with van der Waals surface area (Å²) in [7, 11) is -3.30.